The number of carbonyl (C=O) groups excluding carboxylic acids is 2. The van der Waals surface area contributed by atoms with Crippen molar-refractivity contribution in [2.45, 2.75) is 46.1 Å². The number of aryl methyl sites for hydroxylation is 1. The highest BCUT2D eigenvalue weighted by Gasteiger charge is 2.20. The Morgan fingerprint density at radius 2 is 1.95 bits per heavy atom. The number of nitrogens with zero attached hydrogens (tertiary/aromatic N) is 1. The lowest BCUT2D eigenvalue weighted by molar-refractivity contribution is -0.673. The molecule has 0 aromatic carbocycles. The van der Waals surface area contributed by atoms with E-state index in [0.717, 1.165) is 5.69 Å². The van der Waals surface area contributed by atoms with Gasteiger partial charge in [0, 0.05) is 13.3 Å². The summed E-state index contributed by atoms with van der Waals surface area (Å²) in [6.07, 6.45) is 0.325. The van der Waals surface area contributed by atoms with Crippen LogP contribution in [0.4, 0.5) is 0 Å². The molecule has 0 unspecified atom stereocenters. The van der Waals surface area contributed by atoms with Gasteiger partial charge < -0.3 is 9.47 Å². The molecule has 0 N–H and O–H groups in total. The van der Waals surface area contributed by atoms with E-state index in [-0.39, 0.29) is 13.0 Å². The molecule has 0 bridgehead atoms. The van der Waals surface area contributed by atoms with Crippen molar-refractivity contribution in [1.82, 2.24) is 0 Å². The number of hydrogen-bond acceptors (Lipinski definition) is 5. The van der Waals surface area contributed by atoms with Crippen LogP contribution < -0.4 is 4.57 Å². The average molecular weight is 300 g/mol. The molecule has 1 aromatic heterocycles. The lowest BCUT2D eigenvalue weighted by Crippen LogP contribution is -2.28. The monoisotopic (exact) mass is 300 g/mol. The Balaban J connectivity index is 2.30. The first-order valence-electron chi connectivity index (χ1n) is 6.49. The van der Waals surface area contributed by atoms with E-state index in [0.29, 0.717) is 6.42 Å². The number of hydrogen-bond donors (Lipinski definition) is 0. The molecule has 112 valence electrons. The first-order chi connectivity index (χ1) is 9.19. The van der Waals surface area contributed by atoms with E-state index in [4.69, 9.17) is 9.47 Å². The van der Waals surface area contributed by atoms with Crippen LogP contribution in [-0.2, 0) is 32.5 Å². The Hall–Kier alpha value is -1.43. The smallest absolute Gasteiger partial charge is 0.317 e. The Morgan fingerprint density at radius 1 is 1.30 bits per heavy atom. The van der Waals surface area contributed by atoms with Crippen LogP contribution in [0.25, 0.3) is 0 Å². The van der Waals surface area contributed by atoms with E-state index in [9.17, 15) is 9.59 Å². The number of ether oxygens (including phenoxy) is 2. The lowest BCUT2D eigenvalue weighted by Gasteiger charge is -2.19. The molecule has 0 aliphatic carbocycles. The van der Waals surface area contributed by atoms with Crippen LogP contribution >= 0.6 is 11.3 Å². The van der Waals surface area contributed by atoms with Crippen LogP contribution in [0.1, 0.15) is 37.8 Å². The average Bonchev–Trinajstić information content (AvgIpc) is 2.58. The highest BCUT2D eigenvalue weighted by molar-refractivity contribution is 7.09. The van der Waals surface area contributed by atoms with Crippen LogP contribution in [0.2, 0.25) is 0 Å². The van der Waals surface area contributed by atoms with Crippen molar-refractivity contribution in [2.24, 2.45) is 7.05 Å². The van der Waals surface area contributed by atoms with Crippen LogP contribution in [0.15, 0.2) is 5.51 Å². The molecule has 1 aromatic rings. The van der Waals surface area contributed by atoms with Gasteiger partial charge in [0.25, 0.3) is 0 Å². The molecule has 0 saturated carbocycles. The quantitative estimate of drug-likeness (QED) is 0.472. The maximum Gasteiger partial charge on any atom is 0.317 e. The molecule has 6 heteroatoms. The zero-order valence-corrected chi connectivity index (χ0v) is 13.5. The predicted octanol–water partition coefficient (Wildman–Crippen LogP) is 1.70. The SMILES string of the molecule is Cc1c(CCOC(=O)CC(=O)OC(C)(C)C)sc[n+]1C. The number of aromatic nitrogens is 1. The third kappa shape index (κ3) is 5.69. The highest BCUT2D eigenvalue weighted by atomic mass is 32.1. The Kier molecular flexibility index (Phi) is 5.68. The van der Waals surface area contributed by atoms with Crippen LogP contribution in [-0.4, -0.2) is 24.1 Å². The van der Waals surface area contributed by atoms with Crippen molar-refractivity contribution in [3.63, 3.8) is 0 Å². The number of thiazole rings is 1. The third-order valence-corrected chi connectivity index (χ3v) is 3.79. The van der Waals surface area contributed by atoms with Crippen molar-refractivity contribution in [3.05, 3.63) is 16.1 Å². The molecule has 0 aliphatic heterocycles. The summed E-state index contributed by atoms with van der Waals surface area (Å²) in [4.78, 5) is 24.1. The fourth-order valence-electron chi connectivity index (χ4n) is 1.55. The fourth-order valence-corrected chi connectivity index (χ4v) is 2.51. The van der Waals surface area contributed by atoms with Crippen LogP contribution in [0.5, 0.6) is 0 Å². The van der Waals surface area contributed by atoms with E-state index in [1.807, 2.05) is 24.0 Å². The van der Waals surface area contributed by atoms with Crippen molar-refractivity contribution in [1.29, 1.82) is 0 Å². The largest absolute Gasteiger partial charge is 0.465 e. The topological polar surface area (TPSA) is 56.5 Å². The van der Waals surface area contributed by atoms with E-state index < -0.39 is 17.5 Å². The first-order valence-corrected chi connectivity index (χ1v) is 7.37. The minimum Gasteiger partial charge on any atom is -0.465 e. The van der Waals surface area contributed by atoms with Crippen molar-refractivity contribution >= 4 is 23.3 Å². The van der Waals surface area contributed by atoms with E-state index in [1.54, 1.807) is 32.1 Å². The predicted molar refractivity (Wildman–Crippen MR) is 75.4 cm³/mol. The van der Waals surface area contributed by atoms with Crippen molar-refractivity contribution in [2.75, 3.05) is 6.61 Å². The fraction of sp³-hybridized carbons (Fsp3) is 0.643. The standard InChI is InChI=1S/C14H22NO4S/c1-10-11(20-9-15(10)5)6-7-18-12(16)8-13(17)19-14(2,3)4/h9H,6-8H2,1-5H3/q+1. The van der Waals surface area contributed by atoms with Crippen LogP contribution in [0, 0.1) is 6.92 Å². The second kappa shape index (κ2) is 6.83. The molecular weight excluding hydrogens is 278 g/mol. The van der Waals surface area contributed by atoms with Gasteiger partial charge in [0.05, 0.1) is 11.5 Å². The van der Waals surface area contributed by atoms with E-state index >= 15 is 0 Å². The summed E-state index contributed by atoms with van der Waals surface area (Å²) in [5, 5.41) is 0. The Bertz CT molecular complexity index is 488. The Labute approximate surface area is 123 Å². The Morgan fingerprint density at radius 3 is 2.45 bits per heavy atom. The van der Waals surface area contributed by atoms with Crippen LogP contribution in [0.3, 0.4) is 0 Å². The molecule has 0 fully saturated rings. The molecule has 1 rings (SSSR count). The minimum absolute atomic E-state index is 0.281. The van der Waals surface area contributed by atoms with Gasteiger partial charge >= 0.3 is 11.9 Å². The van der Waals surface area contributed by atoms with E-state index in [1.165, 1.54) is 4.88 Å². The summed E-state index contributed by atoms with van der Waals surface area (Å²) < 4.78 is 12.1. The zero-order chi connectivity index (χ0) is 15.3. The molecular formula is C14H22NO4S+. The molecule has 0 saturated heterocycles. The number of esters is 2. The normalized spacial score (nSPS) is 11.2. The summed E-state index contributed by atoms with van der Waals surface area (Å²) in [5.74, 6) is -1.10. The molecule has 0 radical (unpaired) electrons. The third-order valence-electron chi connectivity index (χ3n) is 2.59. The van der Waals surface area contributed by atoms with Crippen molar-refractivity contribution in [3.8, 4) is 0 Å². The van der Waals surface area contributed by atoms with Gasteiger partial charge in [-0.15, -0.1) is 0 Å². The summed E-state index contributed by atoms with van der Waals surface area (Å²) in [5.41, 5.74) is 2.59. The summed E-state index contributed by atoms with van der Waals surface area (Å²) in [6, 6.07) is 0. The highest BCUT2D eigenvalue weighted by Crippen LogP contribution is 2.11. The second-order valence-electron chi connectivity index (χ2n) is 5.58. The molecule has 0 amide bonds. The molecule has 5 nitrogen and oxygen atoms in total. The first kappa shape index (κ1) is 16.6. The molecule has 0 aliphatic rings. The van der Waals surface area contributed by atoms with Gasteiger partial charge in [0.1, 0.15) is 19.1 Å². The van der Waals surface area contributed by atoms with Gasteiger partial charge in [0.2, 0.25) is 5.51 Å². The summed E-state index contributed by atoms with van der Waals surface area (Å²) in [7, 11) is 1.98. The second-order valence-corrected chi connectivity index (χ2v) is 6.52. The van der Waals surface area contributed by atoms with Gasteiger partial charge in [-0.05, 0) is 20.8 Å². The minimum atomic E-state index is -0.583. The summed E-state index contributed by atoms with van der Waals surface area (Å²) in [6.45, 7) is 7.58. The maximum absolute atomic E-state index is 11.5. The van der Waals surface area contributed by atoms with Crippen molar-refractivity contribution < 1.29 is 23.6 Å². The number of carbonyl (C=O) groups is 2. The maximum atomic E-state index is 11.5. The molecule has 1 heterocycles. The molecule has 20 heavy (non-hydrogen) atoms. The number of rotatable bonds is 5. The lowest BCUT2D eigenvalue weighted by atomic mass is 10.2. The van der Waals surface area contributed by atoms with Gasteiger partial charge in [0.15, 0.2) is 5.69 Å². The molecule has 0 atom stereocenters. The van der Waals surface area contributed by atoms with Gasteiger partial charge in [-0.1, -0.05) is 11.3 Å². The van der Waals surface area contributed by atoms with Gasteiger partial charge in [-0.3, -0.25) is 9.59 Å². The van der Waals surface area contributed by atoms with Gasteiger partial charge in [-0.25, -0.2) is 0 Å². The molecule has 0 spiro atoms. The van der Waals surface area contributed by atoms with E-state index in [2.05, 4.69) is 0 Å². The zero-order valence-electron chi connectivity index (χ0n) is 12.7. The van der Waals surface area contributed by atoms with Gasteiger partial charge in [-0.2, -0.15) is 4.57 Å². The summed E-state index contributed by atoms with van der Waals surface area (Å²) >= 11 is 1.63.